The van der Waals surface area contributed by atoms with Gasteiger partial charge in [-0.25, -0.2) is 12.4 Å². The van der Waals surface area contributed by atoms with Crippen molar-refractivity contribution >= 4 is 64.8 Å². The number of aromatic nitrogens is 1. The number of carbonyl (C=O) groups excluding carboxylic acids is 2. The number of likely N-dealkylation sites (N-methyl/N-ethyl adjacent to an activating group) is 1. The molecule has 4 aromatic carbocycles. The number of hydrogen-bond donors (Lipinski definition) is 0. The van der Waals surface area contributed by atoms with Crippen molar-refractivity contribution in [2.45, 2.75) is 10.4 Å². The Kier molecular flexibility index (Phi) is 6.66. The summed E-state index contributed by atoms with van der Waals surface area (Å²) in [7, 11) is -9.27. The standard InChI is InChI=1S/C30H19F3N2O7S2/c1-34-28(36)26(22-15-18-9-5-6-10-19(18)16-25(22)42-44(40,41)30(31,32)33)27(29(34)37)23-17-35(24-14-8-7-13-21(23)24)43(38,39)20-11-3-2-4-12-20/h2-17H,1H3. The number of nitrogens with zero attached hydrogens (tertiary/aromatic N) is 2. The van der Waals surface area contributed by atoms with Crippen molar-refractivity contribution in [1.82, 2.24) is 8.87 Å². The summed E-state index contributed by atoms with van der Waals surface area (Å²) in [5.74, 6) is -2.69. The van der Waals surface area contributed by atoms with Gasteiger partial charge in [0.15, 0.2) is 5.75 Å². The lowest BCUT2D eigenvalue weighted by Gasteiger charge is -2.15. The average molecular weight is 641 g/mol. The second-order valence-electron chi connectivity index (χ2n) is 9.77. The normalized spacial score (nSPS) is 14.7. The quantitative estimate of drug-likeness (QED) is 0.143. The molecule has 1 aromatic heterocycles. The number of hydrogen-bond acceptors (Lipinski definition) is 7. The third-order valence-corrected chi connectivity index (χ3v) is 9.79. The molecule has 0 saturated carbocycles. The second kappa shape index (κ2) is 10.1. The highest BCUT2D eigenvalue weighted by Crippen LogP contribution is 2.44. The summed E-state index contributed by atoms with van der Waals surface area (Å²) in [6, 6.07) is 22.2. The van der Waals surface area contributed by atoms with E-state index in [1.807, 2.05) is 0 Å². The number of para-hydroxylation sites is 1. The van der Waals surface area contributed by atoms with Crippen molar-refractivity contribution in [3.05, 3.63) is 108 Å². The first-order chi connectivity index (χ1) is 20.7. The van der Waals surface area contributed by atoms with Gasteiger partial charge in [0.25, 0.3) is 21.8 Å². The summed E-state index contributed by atoms with van der Waals surface area (Å²) in [6.07, 6.45) is 1.15. The van der Waals surface area contributed by atoms with E-state index in [2.05, 4.69) is 4.18 Å². The first-order valence-corrected chi connectivity index (χ1v) is 15.6. The van der Waals surface area contributed by atoms with Crippen molar-refractivity contribution in [2.75, 3.05) is 7.05 Å². The Morgan fingerprint density at radius 3 is 1.89 bits per heavy atom. The molecule has 224 valence electrons. The van der Waals surface area contributed by atoms with Crippen LogP contribution in [0.4, 0.5) is 13.2 Å². The number of benzene rings is 4. The molecule has 2 amide bonds. The fraction of sp³-hybridized carbons (Fsp3) is 0.0667. The number of amides is 2. The monoisotopic (exact) mass is 640 g/mol. The fourth-order valence-corrected chi connectivity index (χ4v) is 6.90. The Morgan fingerprint density at radius 2 is 1.25 bits per heavy atom. The van der Waals surface area contributed by atoms with E-state index in [1.54, 1.807) is 36.4 Å². The summed E-state index contributed by atoms with van der Waals surface area (Å²) in [6.45, 7) is 0. The molecule has 0 bridgehead atoms. The molecule has 0 atom stereocenters. The smallest absolute Gasteiger partial charge is 0.375 e. The van der Waals surface area contributed by atoms with Crippen molar-refractivity contribution in [2.24, 2.45) is 0 Å². The lowest BCUT2D eigenvalue weighted by atomic mass is 9.93. The van der Waals surface area contributed by atoms with Crippen LogP contribution in [0.5, 0.6) is 5.75 Å². The van der Waals surface area contributed by atoms with E-state index in [1.165, 1.54) is 48.5 Å². The maximum absolute atomic E-state index is 13.7. The van der Waals surface area contributed by atoms with Gasteiger partial charge in [-0.3, -0.25) is 14.5 Å². The minimum Gasteiger partial charge on any atom is -0.375 e. The number of halogens is 3. The minimum absolute atomic E-state index is 0.0180. The second-order valence-corrected chi connectivity index (χ2v) is 13.1. The molecular formula is C30H19F3N2O7S2. The van der Waals surface area contributed by atoms with Crippen LogP contribution >= 0.6 is 0 Å². The molecule has 6 rings (SSSR count). The van der Waals surface area contributed by atoms with Gasteiger partial charge in [0, 0.05) is 29.8 Å². The van der Waals surface area contributed by atoms with Crippen LogP contribution in [0.1, 0.15) is 11.1 Å². The van der Waals surface area contributed by atoms with Gasteiger partial charge in [-0.15, -0.1) is 0 Å². The van der Waals surface area contributed by atoms with Crippen molar-refractivity contribution in [3.8, 4) is 5.75 Å². The number of fused-ring (bicyclic) bond motifs is 2. The van der Waals surface area contributed by atoms with Crippen LogP contribution in [0.25, 0.3) is 32.8 Å². The molecule has 0 saturated heterocycles. The molecule has 14 heteroatoms. The highest BCUT2D eigenvalue weighted by Gasteiger charge is 2.49. The zero-order valence-electron chi connectivity index (χ0n) is 22.4. The predicted octanol–water partition coefficient (Wildman–Crippen LogP) is 5.17. The van der Waals surface area contributed by atoms with E-state index in [9.17, 15) is 39.6 Å². The number of alkyl halides is 3. The lowest BCUT2D eigenvalue weighted by molar-refractivity contribution is -0.134. The highest BCUT2D eigenvalue weighted by molar-refractivity contribution is 7.90. The summed E-state index contributed by atoms with van der Waals surface area (Å²) in [5.41, 5.74) is -6.87. The fourth-order valence-electron chi connectivity index (χ4n) is 5.04. The molecule has 0 radical (unpaired) electrons. The third kappa shape index (κ3) is 4.53. The third-order valence-electron chi connectivity index (χ3n) is 7.13. The Balaban J connectivity index is 1.68. The highest BCUT2D eigenvalue weighted by atomic mass is 32.2. The molecule has 2 heterocycles. The van der Waals surface area contributed by atoms with Crippen LogP contribution in [-0.4, -0.2) is 50.1 Å². The molecule has 0 aliphatic carbocycles. The van der Waals surface area contributed by atoms with E-state index in [0.29, 0.717) is 15.7 Å². The summed E-state index contributed by atoms with van der Waals surface area (Å²) in [5, 5.41) is 0.929. The van der Waals surface area contributed by atoms with Crippen molar-refractivity contribution in [3.63, 3.8) is 0 Å². The molecule has 44 heavy (non-hydrogen) atoms. The van der Waals surface area contributed by atoms with Gasteiger partial charge in [-0.2, -0.15) is 21.6 Å². The van der Waals surface area contributed by atoms with E-state index in [-0.39, 0.29) is 26.9 Å². The molecule has 1 aliphatic heterocycles. The zero-order chi connectivity index (χ0) is 31.6. The summed E-state index contributed by atoms with van der Waals surface area (Å²) in [4.78, 5) is 27.9. The van der Waals surface area contributed by atoms with Crippen LogP contribution < -0.4 is 4.18 Å². The van der Waals surface area contributed by atoms with Crippen LogP contribution in [-0.2, 0) is 29.7 Å². The van der Waals surface area contributed by atoms with Crippen molar-refractivity contribution < 1.29 is 43.8 Å². The van der Waals surface area contributed by atoms with E-state index >= 15 is 0 Å². The SMILES string of the molecule is CN1C(=O)C(c2cc3ccccc3cc2OS(=O)(=O)C(F)(F)F)=C(c2cn(S(=O)(=O)c3ccccc3)c3ccccc23)C1=O. The van der Waals surface area contributed by atoms with E-state index < -0.39 is 54.4 Å². The van der Waals surface area contributed by atoms with E-state index in [4.69, 9.17) is 0 Å². The topological polar surface area (TPSA) is 120 Å². The Labute approximate surface area is 248 Å². The largest absolute Gasteiger partial charge is 0.534 e. The van der Waals surface area contributed by atoms with Gasteiger partial charge in [-0.1, -0.05) is 60.7 Å². The summed E-state index contributed by atoms with van der Waals surface area (Å²) >= 11 is 0. The maximum Gasteiger partial charge on any atom is 0.534 e. The molecular weight excluding hydrogens is 621 g/mol. The molecule has 0 fully saturated rings. The number of imide groups is 1. The van der Waals surface area contributed by atoms with Crippen LogP contribution in [0.15, 0.2) is 102 Å². The Hall–Kier alpha value is -4.95. The van der Waals surface area contributed by atoms with Gasteiger partial charge in [0.2, 0.25) is 0 Å². The Bertz CT molecular complexity index is 2280. The Morgan fingerprint density at radius 1 is 0.705 bits per heavy atom. The maximum atomic E-state index is 13.7. The first-order valence-electron chi connectivity index (χ1n) is 12.7. The average Bonchev–Trinajstić information content (AvgIpc) is 3.47. The zero-order valence-corrected chi connectivity index (χ0v) is 24.1. The first kappa shape index (κ1) is 29.1. The number of rotatable bonds is 6. The molecule has 9 nitrogen and oxygen atoms in total. The molecule has 0 unspecified atom stereocenters. The lowest BCUT2D eigenvalue weighted by Crippen LogP contribution is -2.29. The van der Waals surface area contributed by atoms with E-state index in [0.717, 1.165) is 23.3 Å². The van der Waals surface area contributed by atoms with Gasteiger partial charge >= 0.3 is 15.6 Å². The van der Waals surface area contributed by atoms with Gasteiger partial charge in [0.1, 0.15) is 0 Å². The number of carbonyl (C=O) groups is 2. The van der Waals surface area contributed by atoms with Gasteiger partial charge in [0.05, 0.1) is 21.6 Å². The van der Waals surface area contributed by atoms with Gasteiger partial charge < -0.3 is 4.18 Å². The van der Waals surface area contributed by atoms with Crippen LogP contribution in [0, 0.1) is 0 Å². The van der Waals surface area contributed by atoms with Gasteiger partial charge in [-0.05, 0) is 41.1 Å². The predicted molar refractivity (Wildman–Crippen MR) is 155 cm³/mol. The van der Waals surface area contributed by atoms with Crippen molar-refractivity contribution in [1.29, 1.82) is 0 Å². The molecule has 1 aliphatic rings. The molecule has 0 N–H and O–H groups in total. The summed E-state index contributed by atoms with van der Waals surface area (Å²) < 4.78 is 97.3. The van der Waals surface area contributed by atoms with Crippen LogP contribution in [0.3, 0.4) is 0 Å². The van der Waals surface area contributed by atoms with Crippen LogP contribution in [0.2, 0.25) is 0 Å². The molecule has 5 aromatic rings. The molecule has 0 spiro atoms. The minimum atomic E-state index is -6.19.